The molecule has 1 aliphatic rings. The molecule has 4 nitrogen and oxygen atoms in total. The van der Waals surface area contributed by atoms with Crippen LogP contribution in [0.3, 0.4) is 0 Å². The Labute approximate surface area is 145 Å². The summed E-state index contributed by atoms with van der Waals surface area (Å²) < 4.78 is 43.9. The Morgan fingerprint density at radius 1 is 1.42 bits per heavy atom. The zero-order chi connectivity index (χ0) is 16.9. The summed E-state index contributed by atoms with van der Waals surface area (Å²) in [6.07, 6.45) is -2.69. The van der Waals surface area contributed by atoms with Crippen LogP contribution in [0.2, 0.25) is 0 Å². The van der Waals surface area contributed by atoms with Gasteiger partial charge in [-0.1, -0.05) is 12.1 Å². The van der Waals surface area contributed by atoms with Crippen molar-refractivity contribution >= 4 is 18.3 Å². The van der Waals surface area contributed by atoms with Crippen LogP contribution in [0, 0.1) is 5.92 Å². The summed E-state index contributed by atoms with van der Waals surface area (Å²) >= 11 is 0. The van der Waals surface area contributed by atoms with E-state index < -0.39 is 11.7 Å². The highest BCUT2D eigenvalue weighted by atomic mass is 35.5. The molecule has 136 valence electrons. The van der Waals surface area contributed by atoms with Gasteiger partial charge in [0, 0.05) is 6.54 Å². The van der Waals surface area contributed by atoms with Crippen LogP contribution in [0.5, 0.6) is 5.75 Å². The number of nitrogens with one attached hydrogen (secondary N) is 2. The number of hydrogen-bond donors (Lipinski definition) is 2. The summed E-state index contributed by atoms with van der Waals surface area (Å²) in [6.45, 7) is 3.25. The van der Waals surface area contributed by atoms with Crippen molar-refractivity contribution in [2.45, 2.75) is 32.0 Å². The molecule has 1 aromatic carbocycles. The van der Waals surface area contributed by atoms with Gasteiger partial charge in [-0.3, -0.25) is 4.79 Å². The van der Waals surface area contributed by atoms with Gasteiger partial charge in [0.15, 0.2) is 0 Å². The fraction of sp³-hybridized carbons (Fsp3) is 0.562. The minimum absolute atomic E-state index is 0. The van der Waals surface area contributed by atoms with E-state index >= 15 is 0 Å². The number of piperidine rings is 1. The third-order valence-corrected chi connectivity index (χ3v) is 3.74. The molecule has 2 unspecified atom stereocenters. The van der Waals surface area contributed by atoms with Crippen molar-refractivity contribution in [3.63, 3.8) is 0 Å². The van der Waals surface area contributed by atoms with E-state index in [0.717, 1.165) is 25.5 Å². The number of carbonyl (C=O) groups is 1. The van der Waals surface area contributed by atoms with Crippen LogP contribution >= 0.6 is 12.4 Å². The van der Waals surface area contributed by atoms with Gasteiger partial charge in [-0.25, -0.2) is 0 Å². The molecular weight excluding hydrogens is 345 g/mol. The van der Waals surface area contributed by atoms with Crippen LogP contribution in [0.15, 0.2) is 24.3 Å². The first kappa shape index (κ1) is 20.6. The van der Waals surface area contributed by atoms with Crippen LogP contribution < -0.4 is 15.4 Å². The molecule has 0 bridgehead atoms. The fourth-order valence-electron chi connectivity index (χ4n) is 2.52. The maximum atomic E-state index is 12.9. The van der Waals surface area contributed by atoms with Gasteiger partial charge in [-0.15, -0.1) is 12.4 Å². The topological polar surface area (TPSA) is 50.4 Å². The lowest BCUT2D eigenvalue weighted by atomic mass is 9.98. The largest absolute Gasteiger partial charge is 0.491 e. The molecule has 1 aliphatic heterocycles. The lowest BCUT2D eigenvalue weighted by Gasteiger charge is -2.24. The van der Waals surface area contributed by atoms with Crippen molar-refractivity contribution in [3.8, 4) is 5.75 Å². The summed E-state index contributed by atoms with van der Waals surface area (Å²) in [7, 11) is 0. The highest BCUT2D eigenvalue weighted by Crippen LogP contribution is 2.35. The minimum Gasteiger partial charge on any atom is -0.491 e. The third kappa shape index (κ3) is 5.87. The monoisotopic (exact) mass is 366 g/mol. The van der Waals surface area contributed by atoms with Crippen LogP contribution in [-0.4, -0.2) is 31.6 Å². The maximum Gasteiger partial charge on any atom is 0.419 e. The molecule has 0 saturated carbocycles. The van der Waals surface area contributed by atoms with Gasteiger partial charge in [-0.05, 0) is 38.4 Å². The number of ether oxygens (including phenoxy) is 1. The van der Waals surface area contributed by atoms with Crippen molar-refractivity contribution in [1.29, 1.82) is 0 Å². The summed E-state index contributed by atoms with van der Waals surface area (Å²) in [5, 5.41) is 5.95. The highest BCUT2D eigenvalue weighted by Gasteiger charge is 2.34. The molecule has 0 radical (unpaired) electrons. The van der Waals surface area contributed by atoms with E-state index in [1.165, 1.54) is 18.2 Å². The zero-order valence-corrected chi connectivity index (χ0v) is 14.2. The smallest absolute Gasteiger partial charge is 0.419 e. The molecule has 1 heterocycles. The average Bonchev–Trinajstić information content (AvgIpc) is 2.53. The molecular formula is C16H22ClF3N2O2. The minimum atomic E-state index is -4.46. The number of rotatable bonds is 5. The number of para-hydroxylation sites is 1. The molecule has 1 amide bonds. The van der Waals surface area contributed by atoms with Gasteiger partial charge in [0.1, 0.15) is 12.4 Å². The van der Waals surface area contributed by atoms with Crippen molar-refractivity contribution in [2.24, 2.45) is 5.92 Å². The maximum absolute atomic E-state index is 12.9. The average molecular weight is 367 g/mol. The van der Waals surface area contributed by atoms with Gasteiger partial charge in [-0.2, -0.15) is 13.2 Å². The summed E-state index contributed by atoms with van der Waals surface area (Å²) in [6, 6.07) is 4.69. The van der Waals surface area contributed by atoms with Gasteiger partial charge in [0.05, 0.1) is 17.5 Å². The molecule has 2 atom stereocenters. The SMILES string of the molecule is CC(COc1ccccc1C(F)(F)F)NC(=O)C1CCCNC1.Cl. The second-order valence-electron chi connectivity index (χ2n) is 5.76. The molecule has 2 N–H and O–H groups in total. The lowest BCUT2D eigenvalue weighted by Crippen LogP contribution is -2.45. The fourth-order valence-corrected chi connectivity index (χ4v) is 2.52. The second-order valence-corrected chi connectivity index (χ2v) is 5.76. The summed E-state index contributed by atoms with van der Waals surface area (Å²) in [5.74, 6) is -0.397. The predicted octanol–water partition coefficient (Wildman–Crippen LogP) is 3.01. The first-order valence-corrected chi connectivity index (χ1v) is 7.68. The van der Waals surface area contributed by atoms with E-state index in [9.17, 15) is 18.0 Å². The van der Waals surface area contributed by atoms with Crippen LogP contribution in [0.25, 0.3) is 0 Å². The molecule has 0 aliphatic carbocycles. The van der Waals surface area contributed by atoms with E-state index in [2.05, 4.69) is 10.6 Å². The van der Waals surface area contributed by atoms with Crippen molar-refractivity contribution in [2.75, 3.05) is 19.7 Å². The van der Waals surface area contributed by atoms with Gasteiger partial charge < -0.3 is 15.4 Å². The zero-order valence-electron chi connectivity index (χ0n) is 13.4. The van der Waals surface area contributed by atoms with Crippen molar-refractivity contribution in [1.82, 2.24) is 10.6 Å². The van der Waals surface area contributed by atoms with E-state index in [1.807, 2.05) is 0 Å². The van der Waals surface area contributed by atoms with E-state index in [0.29, 0.717) is 6.54 Å². The standard InChI is InChI=1S/C16H21F3N2O2.ClH/c1-11(21-15(22)12-5-4-8-20-9-12)10-23-14-7-3-2-6-13(14)16(17,18)19;/h2-3,6-7,11-12,20H,4-5,8-10H2,1H3,(H,21,22);1H. The molecule has 2 rings (SSSR count). The van der Waals surface area contributed by atoms with Gasteiger partial charge in [0.2, 0.25) is 5.91 Å². The predicted molar refractivity (Wildman–Crippen MR) is 87.4 cm³/mol. The molecule has 24 heavy (non-hydrogen) atoms. The number of halogens is 4. The van der Waals surface area contributed by atoms with Gasteiger partial charge >= 0.3 is 6.18 Å². The highest BCUT2D eigenvalue weighted by molar-refractivity contribution is 5.85. The first-order valence-electron chi connectivity index (χ1n) is 7.68. The quantitative estimate of drug-likeness (QED) is 0.842. The molecule has 8 heteroatoms. The normalized spacial score (nSPS) is 19.1. The number of carbonyl (C=O) groups excluding carboxylic acids is 1. The van der Waals surface area contributed by atoms with E-state index in [1.54, 1.807) is 6.92 Å². The van der Waals surface area contributed by atoms with Crippen LogP contribution in [0.4, 0.5) is 13.2 Å². The number of amides is 1. The molecule has 0 aromatic heterocycles. The Kier molecular flexibility index (Phi) is 7.83. The number of benzene rings is 1. The second kappa shape index (κ2) is 9.13. The Morgan fingerprint density at radius 3 is 2.75 bits per heavy atom. The Balaban J connectivity index is 0.00000288. The van der Waals surface area contributed by atoms with Crippen molar-refractivity contribution < 1.29 is 22.7 Å². The molecule has 1 aromatic rings. The summed E-state index contributed by atoms with van der Waals surface area (Å²) in [5.41, 5.74) is -0.810. The first-order chi connectivity index (χ1) is 10.9. The lowest BCUT2D eigenvalue weighted by molar-refractivity contribution is -0.139. The van der Waals surface area contributed by atoms with Crippen molar-refractivity contribution in [3.05, 3.63) is 29.8 Å². The van der Waals surface area contributed by atoms with Crippen LogP contribution in [-0.2, 0) is 11.0 Å². The Hall–Kier alpha value is -1.47. The number of hydrogen-bond acceptors (Lipinski definition) is 3. The molecule has 1 saturated heterocycles. The summed E-state index contributed by atoms with van der Waals surface area (Å²) in [4.78, 5) is 12.1. The Morgan fingerprint density at radius 2 is 2.12 bits per heavy atom. The molecule has 1 fully saturated rings. The van der Waals surface area contributed by atoms with E-state index in [4.69, 9.17) is 4.74 Å². The Bertz CT molecular complexity index is 534. The molecule has 0 spiro atoms. The number of alkyl halides is 3. The van der Waals surface area contributed by atoms with Crippen LogP contribution in [0.1, 0.15) is 25.3 Å². The van der Waals surface area contributed by atoms with E-state index in [-0.39, 0.29) is 42.6 Å². The van der Waals surface area contributed by atoms with Gasteiger partial charge in [0.25, 0.3) is 0 Å². The third-order valence-electron chi connectivity index (χ3n) is 3.74.